The second-order valence-corrected chi connectivity index (χ2v) is 11.3. The zero-order chi connectivity index (χ0) is 27.9. The van der Waals surface area contributed by atoms with Crippen LogP contribution in [-0.4, -0.2) is 90.4 Å². The van der Waals surface area contributed by atoms with Crippen LogP contribution in [0.3, 0.4) is 0 Å². The third-order valence-electron chi connectivity index (χ3n) is 7.84. The second kappa shape index (κ2) is 10.4. The molecule has 0 aliphatic carbocycles. The number of β-amino-alcohol motifs (C(OH)–C–C–N with tert-alkyl or cyclic N) is 1. The Labute approximate surface area is 230 Å². The van der Waals surface area contributed by atoms with Crippen LogP contribution in [0.1, 0.15) is 18.4 Å². The van der Waals surface area contributed by atoms with E-state index in [1.54, 1.807) is 28.9 Å². The van der Waals surface area contributed by atoms with Gasteiger partial charge in [-0.1, -0.05) is 12.1 Å². The molecule has 2 aromatic heterocycles. The average molecular weight is 549 g/mol. The maximum absolute atomic E-state index is 13.3. The van der Waals surface area contributed by atoms with Crippen molar-refractivity contribution in [1.82, 2.24) is 29.1 Å². The molecule has 2 N–H and O–H groups in total. The monoisotopic (exact) mass is 548 g/mol. The van der Waals surface area contributed by atoms with E-state index in [1.807, 2.05) is 24.1 Å². The standard InChI is InChI=1S/C29H33FN6O4/c1-33-16-29(39,17-33)19-40-24-8-6-23(7-9-24)36-26-25(14-32-36)27(37)35(20-31-26)18-28(38)10-12-34(13-11-28)15-21-2-4-22(30)5-3-21/h2-9,14,20,38-39H,10-13,15-19H2,1H3. The number of ether oxygens (including phenoxy) is 1. The number of hydrogen-bond donors (Lipinski definition) is 2. The first-order valence-electron chi connectivity index (χ1n) is 13.5. The molecule has 0 spiro atoms. The van der Waals surface area contributed by atoms with E-state index in [2.05, 4.69) is 15.0 Å². The molecule has 2 aliphatic heterocycles. The summed E-state index contributed by atoms with van der Waals surface area (Å²) < 4.78 is 22.0. The Balaban J connectivity index is 1.10. The van der Waals surface area contributed by atoms with E-state index in [0.29, 0.717) is 62.3 Å². The fourth-order valence-corrected chi connectivity index (χ4v) is 5.65. The molecular weight excluding hydrogens is 515 g/mol. The van der Waals surface area contributed by atoms with Gasteiger partial charge in [0, 0.05) is 32.7 Å². The van der Waals surface area contributed by atoms with Crippen LogP contribution in [0.15, 0.2) is 65.8 Å². The third-order valence-corrected chi connectivity index (χ3v) is 7.84. The van der Waals surface area contributed by atoms with Crippen LogP contribution in [0.4, 0.5) is 4.39 Å². The molecule has 210 valence electrons. The van der Waals surface area contributed by atoms with Gasteiger partial charge in [0.15, 0.2) is 5.65 Å². The van der Waals surface area contributed by atoms with Crippen LogP contribution in [0.2, 0.25) is 0 Å². The summed E-state index contributed by atoms with van der Waals surface area (Å²) in [6, 6.07) is 13.7. The molecule has 40 heavy (non-hydrogen) atoms. The van der Waals surface area contributed by atoms with E-state index in [-0.39, 0.29) is 24.5 Å². The molecule has 2 aliphatic rings. The Morgan fingerprint density at radius 3 is 2.38 bits per heavy atom. The summed E-state index contributed by atoms with van der Waals surface area (Å²) in [6.45, 7) is 3.58. The van der Waals surface area contributed by atoms with Gasteiger partial charge >= 0.3 is 0 Å². The van der Waals surface area contributed by atoms with E-state index >= 15 is 0 Å². The number of likely N-dealkylation sites (tertiary alicyclic amines) is 2. The van der Waals surface area contributed by atoms with Gasteiger partial charge in [0.25, 0.3) is 5.56 Å². The lowest BCUT2D eigenvalue weighted by molar-refractivity contribution is -0.110. The van der Waals surface area contributed by atoms with Crippen molar-refractivity contribution in [3.8, 4) is 11.4 Å². The summed E-state index contributed by atoms with van der Waals surface area (Å²) >= 11 is 0. The molecule has 6 rings (SSSR count). The summed E-state index contributed by atoms with van der Waals surface area (Å²) in [5.74, 6) is 0.380. The summed E-state index contributed by atoms with van der Waals surface area (Å²) in [7, 11) is 1.95. The lowest BCUT2D eigenvalue weighted by atomic mass is 9.91. The number of piperidine rings is 1. The fourth-order valence-electron chi connectivity index (χ4n) is 5.65. The Hall–Kier alpha value is -3.64. The Morgan fingerprint density at radius 1 is 1.00 bits per heavy atom. The number of hydrogen-bond acceptors (Lipinski definition) is 8. The number of nitrogens with zero attached hydrogens (tertiary/aromatic N) is 6. The predicted molar refractivity (Wildman–Crippen MR) is 147 cm³/mol. The highest BCUT2D eigenvalue weighted by molar-refractivity contribution is 5.75. The summed E-state index contributed by atoms with van der Waals surface area (Å²) in [6.07, 6.45) is 4.00. The lowest BCUT2D eigenvalue weighted by Gasteiger charge is -2.43. The first kappa shape index (κ1) is 26.6. The first-order chi connectivity index (χ1) is 19.2. The molecule has 0 atom stereocenters. The van der Waals surface area contributed by atoms with Crippen LogP contribution in [-0.2, 0) is 13.1 Å². The van der Waals surface area contributed by atoms with Gasteiger partial charge in [0.1, 0.15) is 35.5 Å². The van der Waals surface area contributed by atoms with Gasteiger partial charge in [0.05, 0.1) is 24.0 Å². The number of likely N-dealkylation sites (N-methyl/N-ethyl adjacent to an activating group) is 1. The summed E-state index contributed by atoms with van der Waals surface area (Å²) in [5, 5.41) is 26.4. The van der Waals surface area contributed by atoms with Crippen molar-refractivity contribution in [3.63, 3.8) is 0 Å². The van der Waals surface area contributed by atoms with Crippen molar-refractivity contribution < 1.29 is 19.3 Å². The van der Waals surface area contributed by atoms with E-state index < -0.39 is 11.2 Å². The van der Waals surface area contributed by atoms with Crippen molar-refractivity contribution in [2.45, 2.75) is 37.1 Å². The number of benzene rings is 2. The number of aromatic nitrogens is 4. The largest absolute Gasteiger partial charge is 0.490 e. The molecule has 10 nitrogen and oxygen atoms in total. The number of fused-ring (bicyclic) bond motifs is 1. The molecule has 0 saturated carbocycles. The molecule has 0 amide bonds. The minimum atomic E-state index is -1.02. The van der Waals surface area contributed by atoms with Crippen molar-refractivity contribution in [2.24, 2.45) is 0 Å². The van der Waals surface area contributed by atoms with Crippen molar-refractivity contribution >= 4 is 11.0 Å². The zero-order valence-electron chi connectivity index (χ0n) is 22.4. The average Bonchev–Trinajstić information content (AvgIpc) is 3.36. The molecule has 0 bridgehead atoms. The van der Waals surface area contributed by atoms with Crippen molar-refractivity contribution in [3.05, 3.63) is 82.8 Å². The number of rotatable bonds is 8. The Morgan fingerprint density at radius 2 is 1.70 bits per heavy atom. The van der Waals surface area contributed by atoms with Gasteiger partial charge in [-0.15, -0.1) is 0 Å². The quantitative estimate of drug-likeness (QED) is 0.343. The Kier molecular flexibility index (Phi) is 6.91. The van der Waals surface area contributed by atoms with E-state index in [4.69, 9.17) is 4.74 Å². The third kappa shape index (κ3) is 5.50. The predicted octanol–water partition coefficient (Wildman–Crippen LogP) is 1.80. The number of aliphatic hydroxyl groups is 2. The molecule has 2 aromatic carbocycles. The van der Waals surface area contributed by atoms with E-state index in [9.17, 15) is 19.4 Å². The van der Waals surface area contributed by atoms with Crippen LogP contribution in [0.25, 0.3) is 16.7 Å². The van der Waals surface area contributed by atoms with Gasteiger partial charge in [-0.3, -0.25) is 14.3 Å². The highest BCUT2D eigenvalue weighted by Crippen LogP contribution is 2.26. The van der Waals surface area contributed by atoms with E-state index in [1.165, 1.54) is 29.2 Å². The smallest absolute Gasteiger partial charge is 0.264 e. The molecule has 11 heteroatoms. The molecule has 4 heterocycles. The van der Waals surface area contributed by atoms with Gasteiger partial charge in [-0.2, -0.15) is 5.10 Å². The van der Waals surface area contributed by atoms with Crippen LogP contribution in [0.5, 0.6) is 5.75 Å². The zero-order valence-corrected chi connectivity index (χ0v) is 22.4. The normalized spacial score (nSPS) is 19.0. The molecule has 0 radical (unpaired) electrons. The maximum Gasteiger partial charge on any atom is 0.264 e. The SMILES string of the molecule is CN1CC(O)(COc2ccc(-n3ncc4c(=O)n(CC5(O)CCN(Cc6ccc(F)cc6)CC5)cnc43)cc2)C1. The van der Waals surface area contributed by atoms with E-state index in [0.717, 1.165) is 11.3 Å². The summed E-state index contributed by atoms with van der Waals surface area (Å²) in [5.41, 5.74) is 0.0916. The highest BCUT2D eigenvalue weighted by atomic mass is 19.1. The van der Waals surface area contributed by atoms with Crippen LogP contribution >= 0.6 is 0 Å². The minimum Gasteiger partial charge on any atom is -0.490 e. The molecule has 4 aromatic rings. The van der Waals surface area contributed by atoms with Gasteiger partial charge < -0.3 is 19.8 Å². The second-order valence-electron chi connectivity index (χ2n) is 11.3. The summed E-state index contributed by atoms with van der Waals surface area (Å²) in [4.78, 5) is 22.0. The fraction of sp³-hybridized carbons (Fsp3) is 0.414. The first-order valence-corrected chi connectivity index (χ1v) is 13.5. The topological polar surface area (TPSA) is 109 Å². The lowest BCUT2D eigenvalue weighted by Crippen LogP contribution is -2.63. The number of halogens is 1. The van der Waals surface area contributed by atoms with Gasteiger partial charge in [-0.05, 0) is 61.9 Å². The maximum atomic E-state index is 13.3. The molecular formula is C29H33FN6O4. The van der Waals surface area contributed by atoms with Gasteiger partial charge in [0.2, 0.25) is 0 Å². The van der Waals surface area contributed by atoms with Crippen molar-refractivity contribution in [1.29, 1.82) is 0 Å². The van der Waals surface area contributed by atoms with Gasteiger partial charge in [-0.25, -0.2) is 14.1 Å². The highest BCUT2D eigenvalue weighted by Gasteiger charge is 2.39. The van der Waals surface area contributed by atoms with Crippen molar-refractivity contribution in [2.75, 3.05) is 39.8 Å². The molecule has 2 fully saturated rings. The van der Waals surface area contributed by atoms with Crippen LogP contribution < -0.4 is 10.3 Å². The molecule has 2 saturated heterocycles. The Bertz CT molecular complexity index is 1540. The van der Waals surface area contributed by atoms with Crippen LogP contribution in [0, 0.1) is 5.82 Å². The minimum absolute atomic E-state index is 0.151. The molecule has 0 unspecified atom stereocenters.